The van der Waals surface area contributed by atoms with Gasteiger partial charge < -0.3 is 14.6 Å². The van der Waals surface area contributed by atoms with Crippen LogP contribution in [-0.2, 0) is 9.53 Å². The first-order chi connectivity index (χ1) is 12.5. The van der Waals surface area contributed by atoms with E-state index < -0.39 is 5.97 Å². The minimum atomic E-state index is -0.771. The molecule has 1 N–H and O–H groups in total. The summed E-state index contributed by atoms with van der Waals surface area (Å²) in [5.41, 5.74) is 2.04. The summed E-state index contributed by atoms with van der Waals surface area (Å²) >= 11 is 5.97. The lowest BCUT2D eigenvalue weighted by Gasteiger charge is -2.32. The molecule has 1 saturated heterocycles. The Bertz CT molecular complexity index is 767. The number of hydrogen-bond donors (Lipinski definition) is 1. The third-order valence-corrected chi connectivity index (χ3v) is 4.64. The molecule has 0 radical (unpaired) electrons. The fraction of sp³-hybridized carbons (Fsp3) is 0.350. The van der Waals surface area contributed by atoms with Crippen molar-refractivity contribution in [3.63, 3.8) is 0 Å². The topological polar surface area (TPSA) is 59.0 Å². The number of rotatable bonds is 6. The highest BCUT2D eigenvalue weighted by atomic mass is 35.5. The highest BCUT2D eigenvalue weighted by Crippen LogP contribution is 2.29. The van der Waals surface area contributed by atoms with E-state index in [2.05, 4.69) is 4.90 Å². The Hall–Kier alpha value is -1.79. The van der Waals surface area contributed by atoms with E-state index in [9.17, 15) is 4.79 Å². The number of aliphatic carboxylic acids is 1. The van der Waals surface area contributed by atoms with Gasteiger partial charge in [0.25, 0.3) is 0 Å². The molecule has 0 aliphatic carbocycles. The summed E-state index contributed by atoms with van der Waals surface area (Å²) in [5, 5.41) is 9.52. The number of morpholine rings is 1. The van der Waals surface area contributed by atoms with E-state index in [-0.39, 0.29) is 24.9 Å². The van der Waals surface area contributed by atoms with Crippen molar-refractivity contribution in [2.45, 2.75) is 19.4 Å². The predicted molar refractivity (Wildman–Crippen MR) is 107 cm³/mol. The molecule has 0 saturated carbocycles. The Labute approximate surface area is 170 Å². The van der Waals surface area contributed by atoms with Crippen molar-refractivity contribution in [2.75, 3.05) is 26.2 Å². The monoisotopic (exact) mass is 411 g/mol. The van der Waals surface area contributed by atoms with Gasteiger partial charge in [-0.25, -0.2) is 0 Å². The van der Waals surface area contributed by atoms with Gasteiger partial charge in [0.1, 0.15) is 11.5 Å². The lowest BCUT2D eigenvalue weighted by molar-refractivity contribution is -0.137. The number of benzene rings is 2. The second-order valence-electron chi connectivity index (χ2n) is 6.38. The fourth-order valence-corrected chi connectivity index (χ4v) is 3.19. The number of carbonyl (C=O) groups is 1. The summed E-state index contributed by atoms with van der Waals surface area (Å²) < 4.78 is 11.8. The number of halogens is 2. The van der Waals surface area contributed by atoms with Crippen molar-refractivity contribution >= 4 is 30.0 Å². The SMILES string of the molecule is Cc1cc(Cl)ccc1Oc1ccc(C2CN(CCC(=O)O)CCO2)cc1.Cl. The third-order valence-electron chi connectivity index (χ3n) is 4.41. The van der Waals surface area contributed by atoms with E-state index in [1.807, 2.05) is 43.3 Å². The molecule has 2 aromatic rings. The van der Waals surface area contributed by atoms with Crippen LogP contribution in [0.3, 0.4) is 0 Å². The van der Waals surface area contributed by atoms with Crippen LogP contribution in [0.2, 0.25) is 5.02 Å². The van der Waals surface area contributed by atoms with Gasteiger partial charge >= 0.3 is 5.97 Å². The molecule has 1 atom stereocenters. The molecule has 0 aromatic heterocycles. The van der Waals surface area contributed by atoms with Crippen molar-refractivity contribution in [2.24, 2.45) is 0 Å². The maximum atomic E-state index is 10.7. The van der Waals surface area contributed by atoms with Gasteiger partial charge in [0.15, 0.2) is 0 Å². The maximum Gasteiger partial charge on any atom is 0.304 e. The highest BCUT2D eigenvalue weighted by molar-refractivity contribution is 6.30. The Morgan fingerprint density at radius 3 is 2.70 bits per heavy atom. The lowest BCUT2D eigenvalue weighted by atomic mass is 10.1. The molecular formula is C20H23Cl2NO4. The summed E-state index contributed by atoms with van der Waals surface area (Å²) in [6, 6.07) is 13.4. The van der Waals surface area contributed by atoms with E-state index in [1.165, 1.54) is 0 Å². The molecule has 0 amide bonds. The van der Waals surface area contributed by atoms with Crippen LogP contribution in [0.4, 0.5) is 0 Å². The number of ether oxygens (including phenoxy) is 2. The maximum absolute atomic E-state index is 10.7. The fourth-order valence-electron chi connectivity index (χ4n) is 2.97. The van der Waals surface area contributed by atoms with Gasteiger partial charge in [0.05, 0.1) is 19.1 Å². The van der Waals surface area contributed by atoms with Crippen LogP contribution in [0.1, 0.15) is 23.7 Å². The van der Waals surface area contributed by atoms with Gasteiger partial charge in [-0.05, 0) is 48.4 Å². The Morgan fingerprint density at radius 2 is 2.04 bits per heavy atom. The summed E-state index contributed by atoms with van der Waals surface area (Å²) in [6.07, 6.45) is 0.101. The van der Waals surface area contributed by atoms with Crippen molar-refractivity contribution < 1.29 is 19.4 Å². The number of carboxylic acid groups (broad SMARTS) is 1. The van der Waals surface area contributed by atoms with Gasteiger partial charge in [-0.1, -0.05) is 23.7 Å². The van der Waals surface area contributed by atoms with E-state index in [4.69, 9.17) is 26.2 Å². The van der Waals surface area contributed by atoms with Crippen LogP contribution in [0.25, 0.3) is 0 Å². The third kappa shape index (κ3) is 6.11. The first kappa shape index (κ1) is 21.5. The number of aryl methyl sites for hydroxylation is 1. The minimum Gasteiger partial charge on any atom is -0.481 e. The molecule has 1 heterocycles. The number of carboxylic acids is 1. The molecule has 0 bridgehead atoms. The summed E-state index contributed by atoms with van der Waals surface area (Å²) in [4.78, 5) is 12.9. The molecule has 1 aliphatic rings. The average Bonchev–Trinajstić information content (AvgIpc) is 2.63. The molecule has 5 nitrogen and oxygen atoms in total. The molecule has 1 fully saturated rings. The number of nitrogens with zero attached hydrogens (tertiary/aromatic N) is 1. The number of hydrogen-bond acceptors (Lipinski definition) is 4. The van der Waals surface area contributed by atoms with Crippen molar-refractivity contribution in [3.05, 3.63) is 58.6 Å². The van der Waals surface area contributed by atoms with E-state index in [1.54, 1.807) is 6.07 Å². The molecule has 1 aliphatic heterocycles. The van der Waals surface area contributed by atoms with Crippen LogP contribution in [0.15, 0.2) is 42.5 Å². The zero-order chi connectivity index (χ0) is 18.5. The molecule has 7 heteroatoms. The Balaban J connectivity index is 0.00000261. The van der Waals surface area contributed by atoms with Gasteiger partial charge in [0.2, 0.25) is 0 Å². The quantitative estimate of drug-likeness (QED) is 0.745. The molecular weight excluding hydrogens is 389 g/mol. The highest BCUT2D eigenvalue weighted by Gasteiger charge is 2.22. The smallest absolute Gasteiger partial charge is 0.304 e. The minimum absolute atomic E-state index is 0. The zero-order valence-corrected chi connectivity index (χ0v) is 16.6. The van der Waals surface area contributed by atoms with Crippen LogP contribution in [0, 0.1) is 6.92 Å². The van der Waals surface area contributed by atoms with E-state index in [0.29, 0.717) is 24.7 Å². The van der Waals surface area contributed by atoms with E-state index in [0.717, 1.165) is 29.2 Å². The van der Waals surface area contributed by atoms with Crippen LogP contribution in [0.5, 0.6) is 11.5 Å². The van der Waals surface area contributed by atoms with Crippen LogP contribution in [-0.4, -0.2) is 42.2 Å². The molecule has 2 aromatic carbocycles. The molecule has 27 heavy (non-hydrogen) atoms. The molecule has 146 valence electrons. The predicted octanol–water partition coefficient (Wildman–Crippen LogP) is 4.71. The normalized spacial score (nSPS) is 17.2. The Morgan fingerprint density at radius 1 is 1.30 bits per heavy atom. The lowest BCUT2D eigenvalue weighted by Crippen LogP contribution is -2.39. The second kappa shape index (κ2) is 9.95. The average molecular weight is 412 g/mol. The molecule has 0 spiro atoms. The summed E-state index contributed by atoms with van der Waals surface area (Å²) in [7, 11) is 0. The van der Waals surface area contributed by atoms with Crippen molar-refractivity contribution in [1.29, 1.82) is 0 Å². The van der Waals surface area contributed by atoms with Crippen molar-refractivity contribution in [1.82, 2.24) is 4.90 Å². The standard InChI is InChI=1S/C20H22ClNO4.ClH/c1-14-12-16(21)4-7-18(14)26-17-5-2-15(3-6-17)19-13-22(10-11-25-19)9-8-20(23)24;/h2-7,12,19H,8-11,13H2,1H3,(H,23,24);1H. The van der Waals surface area contributed by atoms with Crippen LogP contribution >= 0.6 is 24.0 Å². The largest absolute Gasteiger partial charge is 0.481 e. The molecule has 3 rings (SSSR count). The van der Waals surface area contributed by atoms with Crippen LogP contribution < -0.4 is 4.74 Å². The van der Waals surface area contributed by atoms with Gasteiger partial charge in [-0.3, -0.25) is 9.69 Å². The van der Waals surface area contributed by atoms with E-state index >= 15 is 0 Å². The zero-order valence-electron chi connectivity index (χ0n) is 15.1. The van der Waals surface area contributed by atoms with Gasteiger partial charge in [-0.2, -0.15) is 0 Å². The Kier molecular flexibility index (Phi) is 7.92. The van der Waals surface area contributed by atoms with Crippen molar-refractivity contribution in [3.8, 4) is 11.5 Å². The first-order valence-electron chi connectivity index (χ1n) is 8.61. The summed E-state index contributed by atoms with van der Waals surface area (Å²) in [6.45, 7) is 4.57. The van der Waals surface area contributed by atoms with Gasteiger partial charge in [0, 0.05) is 24.7 Å². The first-order valence-corrected chi connectivity index (χ1v) is 8.99. The second-order valence-corrected chi connectivity index (χ2v) is 6.82. The molecule has 1 unspecified atom stereocenters. The van der Waals surface area contributed by atoms with Gasteiger partial charge in [-0.15, -0.1) is 12.4 Å². The summed E-state index contributed by atoms with van der Waals surface area (Å²) in [5.74, 6) is 0.751.